The summed E-state index contributed by atoms with van der Waals surface area (Å²) < 4.78 is 10.8. The highest BCUT2D eigenvalue weighted by Gasteiger charge is 2.37. The molecule has 594 valence electrons. The first-order chi connectivity index (χ1) is 54.9. The molecule has 1 saturated heterocycles. The fraction of sp³-hybridized carbons (Fsp3) is 0.318. The Hall–Kier alpha value is -12.7. The summed E-state index contributed by atoms with van der Waals surface area (Å²) >= 11 is 0. The van der Waals surface area contributed by atoms with Crippen LogP contribution in [-0.2, 0) is 67.1 Å². The highest BCUT2D eigenvalue weighted by atomic mass is 16.8. The highest BCUT2D eigenvalue weighted by molar-refractivity contribution is 6.02. The van der Waals surface area contributed by atoms with Crippen molar-refractivity contribution < 1.29 is 82.1 Å². The molecule has 0 atom stereocenters. The van der Waals surface area contributed by atoms with E-state index in [1.807, 2.05) is 133 Å². The first-order valence-electron chi connectivity index (χ1n) is 38.5. The topological polar surface area (TPSA) is 372 Å². The number of anilines is 8. The summed E-state index contributed by atoms with van der Waals surface area (Å²) in [6.45, 7) is 16.1. The number of carbonyl (C=O) groups excluding carboxylic acids is 12. The number of rotatable bonds is 24. The molecule has 10 amide bonds. The fourth-order valence-corrected chi connectivity index (χ4v) is 14.0. The molecule has 0 aromatic heterocycles. The molecular formula is C88H95N9O17. The Morgan fingerprint density at radius 3 is 0.675 bits per heavy atom. The number of aliphatic hydroxyl groups is 2. The first-order valence-corrected chi connectivity index (χ1v) is 38.5. The van der Waals surface area contributed by atoms with E-state index in [4.69, 9.17) is 14.3 Å². The molecule has 4 aliphatic carbocycles. The zero-order chi connectivity index (χ0) is 82.0. The van der Waals surface area contributed by atoms with Gasteiger partial charge in [0.2, 0.25) is 47.3 Å². The molecule has 0 saturated carbocycles. The quantitative estimate of drug-likeness (QED) is 0.0198. The van der Waals surface area contributed by atoms with Crippen LogP contribution in [0.25, 0.3) is 44.5 Å². The van der Waals surface area contributed by atoms with Gasteiger partial charge in [0.1, 0.15) is 13.2 Å². The lowest BCUT2D eigenvalue weighted by Gasteiger charge is -2.17. The molecule has 0 unspecified atom stereocenters. The molecule has 26 nitrogen and oxygen atoms in total. The van der Waals surface area contributed by atoms with E-state index in [-0.39, 0.29) is 110 Å². The number of hydroxylamine groups is 2. The van der Waals surface area contributed by atoms with Gasteiger partial charge in [-0.15, -0.1) is 0 Å². The Labute approximate surface area is 660 Å². The average Bonchev–Trinajstić information content (AvgIpc) is 1.63. The van der Waals surface area contributed by atoms with Crippen LogP contribution >= 0.6 is 0 Å². The van der Waals surface area contributed by atoms with Crippen molar-refractivity contribution >= 4 is 117 Å². The fourth-order valence-electron chi connectivity index (χ4n) is 14.0. The Balaban J connectivity index is 0.000000162. The van der Waals surface area contributed by atoms with Gasteiger partial charge in [-0.05, 0) is 186 Å². The van der Waals surface area contributed by atoms with Gasteiger partial charge in [0.25, 0.3) is 11.8 Å². The average molecular weight is 1550 g/mol. The third-order valence-electron chi connectivity index (χ3n) is 20.0. The van der Waals surface area contributed by atoms with Crippen molar-refractivity contribution in [3.8, 4) is 44.5 Å². The minimum Gasteiger partial charge on any atom is -0.465 e. The van der Waals surface area contributed by atoms with E-state index >= 15 is 0 Å². The molecule has 13 rings (SSSR count). The van der Waals surface area contributed by atoms with Crippen LogP contribution in [-0.4, -0.2) is 113 Å². The Kier molecular flexibility index (Phi) is 28.3. The number of carbonyl (C=O) groups is 12. The van der Waals surface area contributed by atoms with E-state index < -0.39 is 23.9 Å². The second-order valence-corrected chi connectivity index (χ2v) is 27.5. The summed E-state index contributed by atoms with van der Waals surface area (Å²) in [5.74, 6) is -2.94. The van der Waals surface area contributed by atoms with Crippen molar-refractivity contribution in [2.24, 2.45) is 0 Å². The number of ether oxygens (including phenoxy) is 2. The Bertz CT molecular complexity index is 4650. The van der Waals surface area contributed by atoms with E-state index in [0.29, 0.717) is 74.2 Å². The summed E-state index contributed by atoms with van der Waals surface area (Å²) in [5.41, 5.74) is 21.2. The molecule has 114 heavy (non-hydrogen) atoms. The van der Waals surface area contributed by atoms with Crippen molar-refractivity contribution in [2.75, 3.05) is 69.0 Å². The van der Waals surface area contributed by atoms with Gasteiger partial charge in [0.05, 0.1) is 13.2 Å². The highest BCUT2D eigenvalue weighted by Crippen LogP contribution is 2.51. The van der Waals surface area contributed by atoms with Crippen LogP contribution in [0.2, 0.25) is 0 Å². The number of fused-ring (bicyclic) bond motifs is 12. The predicted molar refractivity (Wildman–Crippen MR) is 435 cm³/mol. The van der Waals surface area contributed by atoms with Gasteiger partial charge in [-0.3, -0.25) is 57.6 Å². The van der Waals surface area contributed by atoms with Crippen LogP contribution in [0.3, 0.4) is 0 Å². The van der Waals surface area contributed by atoms with Gasteiger partial charge in [-0.25, -0.2) is 4.79 Å². The van der Waals surface area contributed by atoms with Crippen LogP contribution in [0.5, 0.6) is 0 Å². The summed E-state index contributed by atoms with van der Waals surface area (Å²) in [6.07, 6.45) is 2.21. The number of nitrogens with one attached hydrogen (secondary N) is 8. The monoisotopic (exact) mass is 1550 g/mol. The molecule has 26 heteroatoms. The maximum atomic E-state index is 12.3. The molecule has 1 aliphatic heterocycles. The van der Waals surface area contributed by atoms with Crippen LogP contribution in [0.1, 0.15) is 201 Å². The third-order valence-corrected chi connectivity index (χ3v) is 20.0. The van der Waals surface area contributed by atoms with Crippen LogP contribution in [0, 0.1) is 0 Å². The van der Waals surface area contributed by atoms with Crippen molar-refractivity contribution in [1.82, 2.24) is 5.06 Å². The maximum absolute atomic E-state index is 12.3. The number of hydrogen-bond donors (Lipinski definition) is 10. The molecule has 5 aliphatic rings. The SMILES string of the molecule is CCC(=O)Nc1ccc2c(c1)C(CO)c1cc(NC(=O)CC)ccc1-2.CCC(=O)Nc1ccc2c(c1)C(CO)c1cc(NC(=O)CC)ccc1-2.CCC(=O)Nc1ccc2c(c1)C(COC(=O)CC)c1cc(NC(=O)CC)ccc1-2.CCC(=O)Nc1ccc2c(c1)C(COC(=O)ON1C(=O)CCC1=O)c1cc(NC(=O)CC)ccc1-2. The Morgan fingerprint density at radius 2 is 0.491 bits per heavy atom. The van der Waals surface area contributed by atoms with E-state index in [1.54, 1.807) is 74.4 Å². The van der Waals surface area contributed by atoms with Gasteiger partial charge in [-0.1, -0.05) is 116 Å². The van der Waals surface area contributed by atoms with Gasteiger partial charge in [0, 0.05) is 140 Å². The molecule has 10 N–H and O–H groups in total. The van der Waals surface area contributed by atoms with Gasteiger partial charge >= 0.3 is 12.1 Å². The van der Waals surface area contributed by atoms with Crippen LogP contribution in [0.15, 0.2) is 146 Å². The molecule has 1 heterocycles. The summed E-state index contributed by atoms with van der Waals surface area (Å²) in [5, 5.41) is 43.1. The molecular weight excluding hydrogens is 1460 g/mol. The minimum absolute atomic E-state index is 0.0198. The zero-order valence-corrected chi connectivity index (χ0v) is 65.2. The standard InChI is InChI=1S/C25H25N3O7.C23H26N2O4.2C20H22N2O3/c1-3-21(29)26-14-5-7-16-17-8-6-15(27-22(30)4-2)12-19(17)20(18(16)11-14)13-34-25(33)35-28-23(31)9-10-24(28)32;1-4-21(26)24-14-7-9-16-17-10-8-15(25-22(27)5-2)12-19(17)20(18(16)11-14)13-29-23(28)6-3;2*1-3-19(24)21-12-5-7-14-15-8-6-13(22-20(25)4-2)10-17(15)18(11-23)16(14)9-12/h5-8,11-12,20H,3-4,9-10,13H2,1-2H3,(H,26,29)(H,27,30);7-12,20H,4-6,13H2,1-3H3,(H,24,26)(H,25,27);2*5-10,18,23H,3-4,11H2,1-2H3,(H,21,24)(H,22,25). The summed E-state index contributed by atoms with van der Waals surface area (Å²) in [4.78, 5) is 146. The van der Waals surface area contributed by atoms with Gasteiger partial charge in [0.15, 0.2) is 0 Å². The molecule has 8 aromatic rings. The zero-order valence-electron chi connectivity index (χ0n) is 65.2. The van der Waals surface area contributed by atoms with Crippen LogP contribution < -0.4 is 42.5 Å². The summed E-state index contributed by atoms with van der Waals surface area (Å²) in [7, 11) is 0. The number of benzene rings is 8. The first kappa shape index (κ1) is 83.8. The number of hydrogen-bond acceptors (Lipinski definition) is 17. The smallest absolute Gasteiger partial charge is 0.465 e. The van der Waals surface area contributed by atoms with Gasteiger partial charge < -0.3 is 62.2 Å². The summed E-state index contributed by atoms with van der Waals surface area (Å²) in [6, 6.07) is 45.7. The predicted octanol–water partition coefficient (Wildman–Crippen LogP) is 15.1. The number of amides is 10. The molecule has 0 spiro atoms. The van der Waals surface area contributed by atoms with Crippen LogP contribution in [0.4, 0.5) is 50.3 Å². The molecule has 1 fully saturated rings. The lowest BCUT2D eigenvalue weighted by atomic mass is 9.97. The van der Waals surface area contributed by atoms with E-state index in [2.05, 4.69) is 42.5 Å². The van der Waals surface area contributed by atoms with Crippen molar-refractivity contribution in [3.63, 3.8) is 0 Å². The second-order valence-electron chi connectivity index (χ2n) is 27.5. The Morgan fingerprint density at radius 1 is 0.298 bits per heavy atom. The number of imide groups is 1. The lowest BCUT2D eigenvalue weighted by molar-refractivity contribution is -0.177. The normalized spacial score (nSPS) is 13.0. The molecule has 0 bridgehead atoms. The van der Waals surface area contributed by atoms with Crippen molar-refractivity contribution in [1.29, 1.82) is 0 Å². The maximum Gasteiger partial charge on any atom is 0.533 e. The third kappa shape index (κ3) is 19.8. The number of nitrogens with zero attached hydrogens (tertiary/aromatic N) is 1. The van der Waals surface area contributed by atoms with E-state index in [9.17, 15) is 67.7 Å². The molecule has 8 aromatic carbocycles. The number of esters is 1. The lowest BCUT2D eigenvalue weighted by Crippen LogP contribution is -2.32. The van der Waals surface area contributed by atoms with Gasteiger partial charge in [-0.2, -0.15) is 0 Å². The minimum atomic E-state index is -1.17. The second kappa shape index (κ2) is 38.5. The van der Waals surface area contributed by atoms with E-state index in [0.717, 1.165) is 123 Å². The van der Waals surface area contributed by atoms with E-state index in [1.165, 1.54) is 0 Å². The van der Waals surface area contributed by atoms with Crippen molar-refractivity contribution in [2.45, 2.75) is 157 Å². The van der Waals surface area contributed by atoms with Crippen molar-refractivity contribution in [3.05, 3.63) is 190 Å². The molecule has 0 radical (unpaired) electrons. The number of aliphatic hydroxyl groups excluding tert-OH is 2. The largest absolute Gasteiger partial charge is 0.533 e.